The van der Waals surface area contributed by atoms with Gasteiger partial charge in [-0.25, -0.2) is 0 Å². The third kappa shape index (κ3) is 4.87. The van der Waals surface area contributed by atoms with Gasteiger partial charge in [0.1, 0.15) is 0 Å². The molecule has 0 aromatic rings. The highest BCUT2D eigenvalue weighted by atomic mass is 15.1. The SMILES string of the molecule is CC#CCN(C)CC#N. The van der Waals surface area contributed by atoms with E-state index in [4.69, 9.17) is 5.26 Å². The van der Waals surface area contributed by atoms with Crippen LogP contribution in [0.15, 0.2) is 0 Å². The van der Waals surface area contributed by atoms with E-state index in [0.717, 1.165) is 0 Å². The van der Waals surface area contributed by atoms with Crippen molar-refractivity contribution in [2.24, 2.45) is 0 Å². The van der Waals surface area contributed by atoms with Crippen LogP contribution in [0.4, 0.5) is 0 Å². The molecule has 2 nitrogen and oxygen atoms in total. The van der Waals surface area contributed by atoms with Crippen molar-refractivity contribution >= 4 is 0 Å². The summed E-state index contributed by atoms with van der Waals surface area (Å²) < 4.78 is 0. The Hall–Kier alpha value is -0.990. The number of nitrogens with zero attached hydrogens (tertiary/aromatic N) is 2. The quantitative estimate of drug-likeness (QED) is 0.393. The minimum atomic E-state index is 0.453. The lowest BCUT2D eigenvalue weighted by molar-refractivity contribution is 0.423. The lowest BCUT2D eigenvalue weighted by Crippen LogP contribution is -2.18. The summed E-state index contributed by atoms with van der Waals surface area (Å²) in [6, 6.07) is 2.03. The molecule has 0 aromatic carbocycles. The Morgan fingerprint density at radius 3 is 2.56 bits per heavy atom. The molecule has 0 aliphatic carbocycles. The maximum Gasteiger partial charge on any atom is 0.0871 e. The molecule has 2 heteroatoms. The van der Waals surface area contributed by atoms with Crippen LogP contribution in [0, 0.1) is 23.2 Å². The molecular formula is C7H10N2. The fourth-order valence-electron chi connectivity index (χ4n) is 0.391. The zero-order valence-electron chi connectivity index (χ0n) is 5.81. The first-order valence-corrected chi connectivity index (χ1v) is 2.76. The molecule has 0 N–H and O–H groups in total. The third-order valence-corrected chi connectivity index (χ3v) is 0.866. The van der Waals surface area contributed by atoms with E-state index in [2.05, 4.69) is 11.8 Å². The second kappa shape index (κ2) is 5.15. The van der Waals surface area contributed by atoms with Gasteiger partial charge < -0.3 is 0 Å². The smallest absolute Gasteiger partial charge is 0.0871 e. The summed E-state index contributed by atoms with van der Waals surface area (Å²) in [5, 5.41) is 8.20. The van der Waals surface area contributed by atoms with Gasteiger partial charge in [-0.2, -0.15) is 5.26 Å². The van der Waals surface area contributed by atoms with Crippen molar-refractivity contribution in [3.63, 3.8) is 0 Å². The van der Waals surface area contributed by atoms with Gasteiger partial charge in [0, 0.05) is 0 Å². The van der Waals surface area contributed by atoms with Crippen molar-refractivity contribution in [3.05, 3.63) is 0 Å². The predicted molar refractivity (Wildman–Crippen MR) is 36.6 cm³/mol. The van der Waals surface area contributed by atoms with Crippen LogP contribution in [0.25, 0.3) is 0 Å². The van der Waals surface area contributed by atoms with Gasteiger partial charge in [-0.1, -0.05) is 5.92 Å². The summed E-state index contributed by atoms with van der Waals surface area (Å²) in [7, 11) is 1.87. The maximum absolute atomic E-state index is 8.20. The molecule has 0 atom stereocenters. The second-order valence-electron chi connectivity index (χ2n) is 1.76. The molecule has 0 bridgehead atoms. The van der Waals surface area contributed by atoms with Crippen LogP contribution in [0.2, 0.25) is 0 Å². The van der Waals surface area contributed by atoms with E-state index in [1.54, 1.807) is 6.92 Å². The monoisotopic (exact) mass is 122 g/mol. The first-order chi connectivity index (χ1) is 4.31. The molecule has 0 saturated heterocycles. The molecule has 0 aliphatic heterocycles. The summed E-state index contributed by atoms with van der Waals surface area (Å²) in [6.45, 7) is 2.93. The number of hydrogen-bond acceptors (Lipinski definition) is 2. The normalized spacial score (nSPS) is 7.78. The van der Waals surface area contributed by atoms with Gasteiger partial charge in [0.2, 0.25) is 0 Å². The van der Waals surface area contributed by atoms with Crippen molar-refractivity contribution in [1.82, 2.24) is 4.90 Å². The second-order valence-corrected chi connectivity index (χ2v) is 1.76. The van der Waals surface area contributed by atoms with Crippen molar-refractivity contribution in [2.45, 2.75) is 6.92 Å². The Bertz CT molecular complexity index is 156. The van der Waals surface area contributed by atoms with Crippen LogP contribution in [0.5, 0.6) is 0 Å². The van der Waals surface area contributed by atoms with Crippen molar-refractivity contribution in [2.75, 3.05) is 20.1 Å². The van der Waals surface area contributed by atoms with Crippen LogP contribution in [-0.2, 0) is 0 Å². The van der Waals surface area contributed by atoms with E-state index in [-0.39, 0.29) is 0 Å². The number of nitriles is 1. The van der Waals surface area contributed by atoms with Gasteiger partial charge in [-0.3, -0.25) is 4.90 Å². The highest BCUT2D eigenvalue weighted by Crippen LogP contribution is 1.75. The van der Waals surface area contributed by atoms with Crippen molar-refractivity contribution in [1.29, 1.82) is 5.26 Å². The third-order valence-electron chi connectivity index (χ3n) is 0.866. The molecule has 0 saturated carbocycles. The molecule has 48 valence electrons. The highest BCUT2D eigenvalue weighted by Gasteiger charge is 1.89. The van der Waals surface area contributed by atoms with Gasteiger partial charge in [0.15, 0.2) is 0 Å². The van der Waals surface area contributed by atoms with Gasteiger partial charge in [-0.05, 0) is 14.0 Å². The minimum absolute atomic E-state index is 0.453. The standard InChI is InChI=1S/C7H10N2/c1-3-4-6-9(2)7-5-8/h6-7H2,1-2H3. The van der Waals surface area contributed by atoms with E-state index in [0.29, 0.717) is 13.1 Å². The Morgan fingerprint density at radius 2 is 2.11 bits per heavy atom. The van der Waals surface area contributed by atoms with E-state index < -0.39 is 0 Å². The molecule has 0 spiro atoms. The zero-order chi connectivity index (χ0) is 7.11. The van der Waals surface area contributed by atoms with Crippen molar-refractivity contribution in [3.8, 4) is 17.9 Å². The van der Waals surface area contributed by atoms with Crippen LogP contribution in [0.3, 0.4) is 0 Å². The largest absolute Gasteiger partial charge is 0.282 e. The van der Waals surface area contributed by atoms with Gasteiger partial charge in [0.25, 0.3) is 0 Å². The average Bonchev–Trinajstić information content (AvgIpc) is 1.85. The van der Waals surface area contributed by atoms with Crippen LogP contribution >= 0.6 is 0 Å². The number of rotatable bonds is 2. The number of hydrogen-bond donors (Lipinski definition) is 0. The summed E-state index contributed by atoms with van der Waals surface area (Å²) in [5.74, 6) is 5.61. The van der Waals surface area contributed by atoms with E-state index in [1.165, 1.54) is 0 Å². The van der Waals surface area contributed by atoms with Crippen LogP contribution in [0.1, 0.15) is 6.92 Å². The van der Waals surface area contributed by atoms with E-state index >= 15 is 0 Å². The summed E-state index contributed by atoms with van der Waals surface area (Å²) in [4.78, 5) is 1.86. The lowest BCUT2D eigenvalue weighted by atomic mass is 10.5. The Kier molecular flexibility index (Phi) is 4.59. The maximum atomic E-state index is 8.20. The minimum Gasteiger partial charge on any atom is -0.282 e. The molecule has 0 unspecified atom stereocenters. The zero-order valence-corrected chi connectivity index (χ0v) is 5.81. The molecule has 0 heterocycles. The van der Waals surface area contributed by atoms with Crippen LogP contribution in [-0.4, -0.2) is 25.0 Å². The van der Waals surface area contributed by atoms with E-state index in [9.17, 15) is 0 Å². The lowest BCUT2D eigenvalue weighted by Gasteiger charge is -2.05. The van der Waals surface area contributed by atoms with E-state index in [1.807, 2.05) is 18.0 Å². The molecule has 0 fully saturated rings. The van der Waals surface area contributed by atoms with Gasteiger partial charge >= 0.3 is 0 Å². The topological polar surface area (TPSA) is 27.0 Å². The molecule has 0 radical (unpaired) electrons. The average molecular weight is 122 g/mol. The Labute approximate surface area is 56.1 Å². The molecule has 0 aliphatic rings. The molecule has 0 rings (SSSR count). The molecule has 0 aromatic heterocycles. The van der Waals surface area contributed by atoms with Crippen molar-refractivity contribution < 1.29 is 0 Å². The summed E-state index contributed by atoms with van der Waals surface area (Å²) in [5.41, 5.74) is 0. The Morgan fingerprint density at radius 1 is 1.44 bits per heavy atom. The van der Waals surface area contributed by atoms with Gasteiger partial charge in [-0.15, -0.1) is 5.92 Å². The van der Waals surface area contributed by atoms with Gasteiger partial charge in [0.05, 0.1) is 19.2 Å². The predicted octanol–water partition coefficient (Wildman–Crippen LogP) is 0.465. The molecular weight excluding hydrogens is 112 g/mol. The van der Waals surface area contributed by atoms with Crippen LogP contribution < -0.4 is 0 Å². The fourth-order valence-corrected chi connectivity index (χ4v) is 0.391. The Balaban J connectivity index is 3.37. The highest BCUT2D eigenvalue weighted by molar-refractivity contribution is 4.98. The molecule has 0 amide bonds. The fraction of sp³-hybridized carbons (Fsp3) is 0.571. The summed E-state index contributed by atoms with van der Waals surface area (Å²) in [6.07, 6.45) is 0. The summed E-state index contributed by atoms with van der Waals surface area (Å²) >= 11 is 0. The first-order valence-electron chi connectivity index (χ1n) is 2.76. The first kappa shape index (κ1) is 8.01. The molecule has 9 heavy (non-hydrogen) atoms.